The zero-order valence-electron chi connectivity index (χ0n) is 14.7. The van der Waals surface area contributed by atoms with Crippen molar-refractivity contribution >= 4 is 34.3 Å². The number of carbonyl (C=O) groups excluding carboxylic acids is 1. The molecule has 0 bridgehead atoms. The van der Waals surface area contributed by atoms with Crippen molar-refractivity contribution in [3.05, 3.63) is 28.3 Å². The third kappa shape index (κ3) is 8.77. The van der Waals surface area contributed by atoms with E-state index >= 15 is 0 Å². The van der Waals surface area contributed by atoms with Gasteiger partial charge in [0.25, 0.3) is 5.69 Å². The van der Waals surface area contributed by atoms with Gasteiger partial charge in [-0.1, -0.05) is 19.3 Å². The van der Waals surface area contributed by atoms with Gasteiger partial charge in [0.05, 0.1) is 17.2 Å². The van der Waals surface area contributed by atoms with Crippen molar-refractivity contribution in [2.24, 2.45) is 0 Å². The van der Waals surface area contributed by atoms with E-state index in [1.807, 2.05) is 0 Å². The highest BCUT2D eigenvalue weighted by Crippen LogP contribution is 2.28. The monoisotopic (exact) mass is 386 g/mol. The molecule has 1 aromatic carbocycles. The van der Waals surface area contributed by atoms with Crippen LogP contribution in [0.25, 0.3) is 0 Å². The molecule has 10 heteroatoms. The zero-order valence-corrected chi connectivity index (χ0v) is 15.5. The maximum absolute atomic E-state index is 11.2. The molecule has 1 aromatic rings. The van der Waals surface area contributed by atoms with Gasteiger partial charge in [-0.3, -0.25) is 19.1 Å². The standard InChI is InChI=1S/C16H25N3O6S/c1-2-25-16(20)8-6-4-3-5-7-11-17-14-10-9-13(18-26(23)24)12-15(14)19(21)22/h9-10,12,17-18H,2-8,11H2,1H3,(H,23,24)/p-1. The Kier molecular flexibility index (Phi) is 10.3. The van der Waals surface area contributed by atoms with Crippen molar-refractivity contribution in [2.45, 2.75) is 45.4 Å². The first-order valence-electron chi connectivity index (χ1n) is 8.48. The van der Waals surface area contributed by atoms with Gasteiger partial charge in [-0.15, -0.1) is 0 Å². The number of benzene rings is 1. The van der Waals surface area contributed by atoms with Crippen LogP contribution in [0.1, 0.15) is 45.4 Å². The third-order valence-electron chi connectivity index (χ3n) is 3.57. The molecule has 0 radical (unpaired) electrons. The highest BCUT2D eigenvalue weighted by atomic mass is 32.2. The first-order chi connectivity index (χ1) is 12.4. The summed E-state index contributed by atoms with van der Waals surface area (Å²) in [4.78, 5) is 21.7. The normalized spacial score (nSPS) is 11.6. The first kappa shape index (κ1) is 21.8. The molecule has 1 rings (SSSR count). The molecule has 0 saturated heterocycles. The molecule has 0 fully saturated rings. The number of hydrogen-bond acceptors (Lipinski definition) is 7. The van der Waals surface area contributed by atoms with Crippen LogP contribution in [0.4, 0.5) is 17.1 Å². The van der Waals surface area contributed by atoms with Crippen LogP contribution >= 0.6 is 0 Å². The number of anilines is 2. The van der Waals surface area contributed by atoms with Gasteiger partial charge in [0, 0.05) is 30.3 Å². The van der Waals surface area contributed by atoms with Crippen LogP contribution in [0.2, 0.25) is 0 Å². The minimum atomic E-state index is -2.53. The summed E-state index contributed by atoms with van der Waals surface area (Å²) in [5.74, 6) is -0.166. The maximum Gasteiger partial charge on any atom is 0.305 e. The fourth-order valence-corrected chi connectivity index (χ4v) is 2.69. The summed E-state index contributed by atoms with van der Waals surface area (Å²) in [5.41, 5.74) is 0.298. The van der Waals surface area contributed by atoms with Crippen molar-refractivity contribution in [1.82, 2.24) is 0 Å². The Bertz CT molecular complexity index is 626. The minimum Gasteiger partial charge on any atom is -0.755 e. The van der Waals surface area contributed by atoms with E-state index in [0.29, 0.717) is 25.3 Å². The Labute approximate surface area is 155 Å². The molecule has 146 valence electrons. The van der Waals surface area contributed by atoms with E-state index in [-0.39, 0.29) is 17.3 Å². The number of nitrogens with zero attached hydrogens (tertiary/aromatic N) is 1. The molecule has 0 spiro atoms. The number of hydrogen-bond donors (Lipinski definition) is 2. The van der Waals surface area contributed by atoms with Crippen molar-refractivity contribution in [3.63, 3.8) is 0 Å². The van der Waals surface area contributed by atoms with Crippen LogP contribution in [-0.4, -0.2) is 32.8 Å². The summed E-state index contributed by atoms with van der Waals surface area (Å²) < 4.78 is 28.1. The average molecular weight is 386 g/mol. The molecule has 0 aliphatic carbocycles. The molecule has 1 atom stereocenters. The number of nitro benzene ring substituents is 1. The van der Waals surface area contributed by atoms with Gasteiger partial charge < -0.3 is 19.3 Å². The zero-order chi connectivity index (χ0) is 19.4. The molecule has 0 aliphatic heterocycles. The van der Waals surface area contributed by atoms with Crippen LogP contribution in [-0.2, 0) is 20.8 Å². The SMILES string of the molecule is CCOC(=O)CCCCCCCNc1ccc(NS(=O)[O-])cc1[N+](=O)[O-]. The van der Waals surface area contributed by atoms with Crippen LogP contribution in [0.5, 0.6) is 0 Å². The third-order valence-corrected chi connectivity index (χ3v) is 3.98. The molecule has 2 N–H and O–H groups in total. The van der Waals surface area contributed by atoms with E-state index < -0.39 is 16.2 Å². The summed E-state index contributed by atoms with van der Waals surface area (Å²) in [7, 11) is 0. The van der Waals surface area contributed by atoms with Gasteiger partial charge in [0.1, 0.15) is 5.69 Å². The second-order valence-corrected chi connectivity index (χ2v) is 6.25. The number of ether oxygens (including phenoxy) is 1. The first-order valence-corrected chi connectivity index (χ1v) is 9.55. The summed E-state index contributed by atoms with van der Waals surface area (Å²) in [6.07, 6.45) is 4.92. The molecule has 0 aliphatic rings. The highest BCUT2D eigenvalue weighted by molar-refractivity contribution is 7.80. The lowest BCUT2D eigenvalue weighted by molar-refractivity contribution is -0.383. The van der Waals surface area contributed by atoms with Gasteiger partial charge in [-0.05, 0) is 31.9 Å². The largest absolute Gasteiger partial charge is 0.755 e. The Morgan fingerprint density at radius 3 is 2.58 bits per heavy atom. The second-order valence-electron chi connectivity index (χ2n) is 5.58. The fraction of sp³-hybridized carbons (Fsp3) is 0.562. The number of rotatable bonds is 13. The van der Waals surface area contributed by atoms with E-state index in [2.05, 4.69) is 10.0 Å². The van der Waals surface area contributed by atoms with Crippen LogP contribution < -0.4 is 10.0 Å². The van der Waals surface area contributed by atoms with Crippen molar-refractivity contribution in [2.75, 3.05) is 23.2 Å². The Morgan fingerprint density at radius 1 is 1.23 bits per heavy atom. The Morgan fingerprint density at radius 2 is 1.92 bits per heavy atom. The smallest absolute Gasteiger partial charge is 0.305 e. The van der Waals surface area contributed by atoms with Gasteiger partial charge in [0.2, 0.25) is 0 Å². The number of nitrogens with one attached hydrogen (secondary N) is 2. The van der Waals surface area contributed by atoms with E-state index in [1.165, 1.54) is 18.2 Å². The minimum absolute atomic E-state index is 0.136. The Balaban J connectivity index is 2.31. The molecule has 9 nitrogen and oxygen atoms in total. The number of carbonyl (C=O) groups is 1. The van der Waals surface area contributed by atoms with Gasteiger partial charge in [-0.25, -0.2) is 0 Å². The lowest BCUT2D eigenvalue weighted by Gasteiger charge is -2.11. The number of unbranched alkanes of at least 4 members (excludes halogenated alkanes) is 4. The number of nitro groups is 1. The average Bonchev–Trinajstić information content (AvgIpc) is 2.57. The van der Waals surface area contributed by atoms with E-state index in [4.69, 9.17) is 4.74 Å². The van der Waals surface area contributed by atoms with Crippen molar-refractivity contribution in [1.29, 1.82) is 0 Å². The maximum atomic E-state index is 11.2. The second kappa shape index (κ2) is 12.2. The summed E-state index contributed by atoms with van der Waals surface area (Å²) in [6, 6.07) is 4.11. The van der Waals surface area contributed by atoms with Gasteiger partial charge in [-0.2, -0.15) is 0 Å². The molecule has 26 heavy (non-hydrogen) atoms. The van der Waals surface area contributed by atoms with Crippen LogP contribution in [0.15, 0.2) is 18.2 Å². The number of esters is 1. The van der Waals surface area contributed by atoms with Gasteiger partial charge in [0.15, 0.2) is 0 Å². The summed E-state index contributed by atoms with van der Waals surface area (Å²) in [5, 5.41) is 14.1. The van der Waals surface area contributed by atoms with Crippen molar-refractivity contribution < 1.29 is 23.2 Å². The summed E-state index contributed by atoms with van der Waals surface area (Å²) in [6.45, 7) is 2.76. The van der Waals surface area contributed by atoms with Crippen molar-refractivity contribution in [3.8, 4) is 0 Å². The topological polar surface area (TPSA) is 134 Å². The molecule has 0 amide bonds. The van der Waals surface area contributed by atoms with Crippen LogP contribution in [0, 0.1) is 10.1 Å². The highest BCUT2D eigenvalue weighted by Gasteiger charge is 2.14. The molecular weight excluding hydrogens is 362 g/mol. The lowest BCUT2D eigenvalue weighted by atomic mass is 10.1. The van der Waals surface area contributed by atoms with Gasteiger partial charge >= 0.3 is 5.97 Å². The quantitative estimate of drug-likeness (QED) is 0.175. The molecule has 0 aromatic heterocycles. The molecule has 1 unspecified atom stereocenters. The van der Waals surface area contributed by atoms with Crippen LogP contribution in [0.3, 0.4) is 0 Å². The molecular formula is C16H24N3O6S-. The van der Waals surface area contributed by atoms with E-state index in [0.717, 1.165) is 32.1 Å². The van der Waals surface area contributed by atoms with E-state index in [1.54, 1.807) is 6.92 Å². The molecule has 0 saturated carbocycles. The predicted molar refractivity (Wildman–Crippen MR) is 98.5 cm³/mol. The van der Waals surface area contributed by atoms with E-state index in [9.17, 15) is 23.7 Å². The molecule has 0 heterocycles. The Hall–Kier alpha value is -2.20. The predicted octanol–water partition coefficient (Wildman–Crippen LogP) is 3.12. The summed E-state index contributed by atoms with van der Waals surface area (Å²) >= 11 is -2.53. The fourth-order valence-electron chi connectivity index (χ4n) is 2.37. The lowest BCUT2D eigenvalue weighted by Crippen LogP contribution is -2.06.